The first-order valence-electron chi connectivity index (χ1n) is 5.57. The summed E-state index contributed by atoms with van der Waals surface area (Å²) in [6.45, 7) is 0. The second kappa shape index (κ2) is 5.87. The van der Waals surface area contributed by atoms with Crippen LogP contribution in [-0.4, -0.2) is 4.92 Å². The SMILES string of the molecule is Nc1cc(F)cc(SCc2cc(F)cc([N+](=O)[O-])c2)c1. The third kappa shape index (κ3) is 3.67. The first kappa shape index (κ1) is 14.3. The third-order valence-corrected chi connectivity index (χ3v) is 3.50. The lowest BCUT2D eigenvalue weighted by Crippen LogP contribution is -1.92. The van der Waals surface area contributed by atoms with Gasteiger partial charge in [0.1, 0.15) is 11.6 Å². The highest BCUT2D eigenvalue weighted by Crippen LogP contribution is 2.27. The minimum Gasteiger partial charge on any atom is -0.399 e. The van der Waals surface area contributed by atoms with Crippen molar-refractivity contribution >= 4 is 23.1 Å². The number of hydrogen-bond donors (Lipinski definition) is 1. The predicted octanol–water partition coefficient (Wildman–Crippen LogP) is 3.75. The highest BCUT2D eigenvalue weighted by molar-refractivity contribution is 7.98. The second-order valence-corrected chi connectivity index (χ2v) is 5.13. The number of hydrogen-bond acceptors (Lipinski definition) is 4. The molecule has 0 aliphatic carbocycles. The highest BCUT2D eigenvalue weighted by Gasteiger charge is 2.10. The molecule has 0 bridgehead atoms. The van der Waals surface area contributed by atoms with E-state index in [2.05, 4.69) is 0 Å². The summed E-state index contributed by atoms with van der Waals surface area (Å²) in [5.41, 5.74) is 5.95. The van der Waals surface area contributed by atoms with Gasteiger partial charge in [-0.15, -0.1) is 11.8 Å². The molecule has 7 heteroatoms. The van der Waals surface area contributed by atoms with E-state index in [9.17, 15) is 18.9 Å². The smallest absolute Gasteiger partial charge is 0.272 e. The maximum atomic E-state index is 13.2. The van der Waals surface area contributed by atoms with Crippen LogP contribution in [0.5, 0.6) is 0 Å². The number of benzene rings is 2. The van der Waals surface area contributed by atoms with Crippen LogP contribution in [0.25, 0.3) is 0 Å². The molecular formula is C13H10F2N2O2S. The summed E-state index contributed by atoms with van der Waals surface area (Å²) < 4.78 is 26.4. The van der Waals surface area contributed by atoms with Gasteiger partial charge in [0.15, 0.2) is 0 Å². The van der Waals surface area contributed by atoms with Crippen molar-refractivity contribution < 1.29 is 13.7 Å². The van der Waals surface area contributed by atoms with E-state index in [1.54, 1.807) is 6.07 Å². The Morgan fingerprint density at radius 2 is 1.80 bits per heavy atom. The van der Waals surface area contributed by atoms with Gasteiger partial charge in [-0.2, -0.15) is 0 Å². The molecule has 0 saturated carbocycles. The summed E-state index contributed by atoms with van der Waals surface area (Å²) in [7, 11) is 0. The predicted molar refractivity (Wildman–Crippen MR) is 73.4 cm³/mol. The van der Waals surface area contributed by atoms with Crippen LogP contribution in [0.3, 0.4) is 0 Å². The number of anilines is 1. The van der Waals surface area contributed by atoms with E-state index in [0.717, 1.165) is 6.07 Å². The van der Waals surface area contributed by atoms with Gasteiger partial charge in [0.05, 0.1) is 11.0 Å². The molecule has 0 amide bonds. The molecule has 20 heavy (non-hydrogen) atoms. The molecule has 0 heterocycles. The Morgan fingerprint density at radius 3 is 2.45 bits per heavy atom. The zero-order chi connectivity index (χ0) is 14.7. The van der Waals surface area contributed by atoms with Crippen LogP contribution in [0, 0.1) is 21.7 Å². The number of thioether (sulfide) groups is 1. The number of nitrogen functional groups attached to an aromatic ring is 1. The summed E-state index contributed by atoms with van der Waals surface area (Å²) >= 11 is 1.22. The van der Waals surface area contributed by atoms with Gasteiger partial charge in [0, 0.05) is 22.4 Å². The Hall–Kier alpha value is -2.15. The van der Waals surface area contributed by atoms with Crippen molar-refractivity contribution in [1.82, 2.24) is 0 Å². The molecule has 0 aromatic heterocycles. The van der Waals surface area contributed by atoms with Gasteiger partial charge >= 0.3 is 0 Å². The lowest BCUT2D eigenvalue weighted by atomic mass is 10.2. The average Bonchev–Trinajstić information content (AvgIpc) is 2.34. The molecule has 0 spiro atoms. The van der Waals surface area contributed by atoms with E-state index in [1.165, 1.54) is 36.0 Å². The molecule has 0 atom stereocenters. The number of nitrogens with two attached hydrogens (primary N) is 1. The monoisotopic (exact) mass is 296 g/mol. The highest BCUT2D eigenvalue weighted by atomic mass is 32.2. The molecule has 2 N–H and O–H groups in total. The summed E-state index contributed by atoms with van der Waals surface area (Å²) in [5.74, 6) is -0.854. The maximum Gasteiger partial charge on any atom is 0.272 e. The molecule has 2 aromatic carbocycles. The van der Waals surface area contributed by atoms with Gasteiger partial charge in [-0.25, -0.2) is 8.78 Å². The van der Waals surface area contributed by atoms with Crippen LogP contribution in [0.2, 0.25) is 0 Å². The maximum absolute atomic E-state index is 13.2. The van der Waals surface area contributed by atoms with Gasteiger partial charge < -0.3 is 5.73 Å². The van der Waals surface area contributed by atoms with Gasteiger partial charge in [0.2, 0.25) is 0 Å². The number of nitrogens with zero attached hydrogens (tertiary/aromatic N) is 1. The molecule has 0 unspecified atom stereocenters. The van der Waals surface area contributed by atoms with Crippen molar-refractivity contribution in [2.24, 2.45) is 0 Å². The van der Waals surface area contributed by atoms with Gasteiger partial charge in [0.25, 0.3) is 5.69 Å². The van der Waals surface area contributed by atoms with E-state index in [1.807, 2.05) is 0 Å². The Balaban J connectivity index is 2.16. The van der Waals surface area contributed by atoms with E-state index in [0.29, 0.717) is 10.5 Å². The first-order valence-corrected chi connectivity index (χ1v) is 6.55. The Morgan fingerprint density at radius 1 is 1.10 bits per heavy atom. The lowest BCUT2D eigenvalue weighted by Gasteiger charge is -2.04. The Kier molecular flexibility index (Phi) is 4.19. The normalized spacial score (nSPS) is 10.5. The zero-order valence-corrected chi connectivity index (χ0v) is 11.0. The lowest BCUT2D eigenvalue weighted by molar-refractivity contribution is -0.385. The quantitative estimate of drug-likeness (QED) is 0.404. The van der Waals surface area contributed by atoms with Crippen molar-refractivity contribution in [2.45, 2.75) is 10.6 Å². The zero-order valence-electron chi connectivity index (χ0n) is 10.2. The fourth-order valence-corrected chi connectivity index (χ4v) is 2.57. The van der Waals surface area contributed by atoms with Crippen LogP contribution < -0.4 is 5.73 Å². The first-order chi connectivity index (χ1) is 9.44. The molecule has 0 aliphatic heterocycles. The average molecular weight is 296 g/mol. The van der Waals surface area contributed by atoms with Crippen molar-refractivity contribution in [3.63, 3.8) is 0 Å². The van der Waals surface area contributed by atoms with E-state index < -0.39 is 16.6 Å². The number of rotatable bonds is 4. The minimum absolute atomic E-state index is 0.279. The number of halogens is 2. The third-order valence-electron chi connectivity index (χ3n) is 2.45. The standard InChI is InChI=1S/C13H10F2N2O2S/c14-9-1-8(2-12(4-9)17(18)19)7-20-13-5-10(15)3-11(16)6-13/h1-6H,7,16H2. The summed E-state index contributed by atoms with van der Waals surface area (Å²) in [6.07, 6.45) is 0. The van der Waals surface area contributed by atoms with E-state index >= 15 is 0 Å². The molecule has 0 fully saturated rings. The fourth-order valence-electron chi connectivity index (χ4n) is 1.66. The molecule has 0 aliphatic rings. The summed E-state index contributed by atoms with van der Waals surface area (Å²) in [5, 5.41) is 10.6. The van der Waals surface area contributed by atoms with Gasteiger partial charge in [-0.1, -0.05) is 0 Å². The molecule has 104 valence electrons. The molecule has 0 radical (unpaired) electrons. The van der Waals surface area contributed by atoms with Crippen LogP contribution in [0.15, 0.2) is 41.3 Å². The van der Waals surface area contributed by atoms with Crippen molar-refractivity contribution in [3.05, 3.63) is 63.7 Å². The van der Waals surface area contributed by atoms with Crippen molar-refractivity contribution in [3.8, 4) is 0 Å². The summed E-state index contributed by atoms with van der Waals surface area (Å²) in [4.78, 5) is 10.6. The van der Waals surface area contributed by atoms with E-state index in [-0.39, 0.29) is 17.1 Å². The Labute approximate surface area is 117 Å². The summed E-state index contributed by atoms with van der Waals surface area (Å²) in [6, 6.07) is 7.43. The van der Waals surface area contributed by atoms with E-state index in [4.69, 9.17) is 5.73 Å². The molecule has 2 aromatic rings. The Bertz CT molecular complexity index is 645. The van der Waals surface area contributed by atoms with Crippen molar-refractivity contribution in [2.75, 3.05) is 5.73 Å². The largest absolute Gasteiger partial charge is 0.399 e. The van der Waals surface area contributed by atoms with Crippen LogP contribution >= 0.6 is 11.8 Å². The molecular weight excluding hydrogens is 286 g/mol. The van der Waals surface area contributed by atoms with Gasteiger partial charge in [-0.3, -0.25) is 10.1 Å². The number of non-ortho nitro benzene ring substituents is 1. The number of nitro groups is 1. The minimum atomic E-state index is -0.673. The molecule has 4 nitrogen and oxygen atoms in total. The fraction of sp³-hybridized carbons (Fsp3) is 0.0769. The van der Waals surface area contributed by atoms with Crippen LogP contribution in [0.4, 0.5) is 20.2 Å². The second-order valence-electron chi connectivity index (χ2n) is 4.08. The van der Waals surface area contributed by atoms with Gasteiger partial charge in [-0.05, 0) is 29.8 Å². The van der Waals surface area contributed by atoms with Crippen LogP contribution in [0.1, 0.15) is 5.56 Å². The van der Waals surface area contributed by atoms with Crippen molar-refractivity contribution in [1.29, 1.82) is 0 Å². The topological polar surface area (TPSA) is 69.2 Å². The molecule has 0 saturated heterocycles. The van der Waals surface area contributed by atoms with Crippen LogP contribution in [-0.2, 0) is 5.75 Å². The number of nitro benzene ring substituents is 1. The molecule has 2 rings (SSSR count).